The summed E-state index contributed by atoms with van der Waals surface area (Å²) in [6.07, 6.45) is 0. The van der Waals surface area contributed by atoms with Crippen LogP contribution in [-0.4, -0.2) is 35.0 Å². The number of rotatable bonds is 7. The molecular weight excluding hydrogens is 274 g/mol. The van der Waals surface area contributed by atoms with E-state index in [1.807, 2.05) is 38.1 Å². The van der Waals surface area contributed by atoms with Gasteiger partial charge in [0.15, 0.2) is 0 Å². The van der Waals surface area contributed by atoms with Gasteiger partial charge in [-0.05, 0) is 25.5 Å². The molecule has 0 aliphatic heterocycles. The SMILES string of the molecule is CCN(C(=O)CSCC(C)C(=O)O)c1ccccc1C. The predicted octanol–water partition coefficient (Wildman–Crippen LogP) is 2.80. The molecule has 0 radical (unpaired) electrons. The molecular formula is C15H21NO3S. The Bertz CT molecular complexity index is 476. The highest BCUT2D eigenvalue weighted by Gasteiger charge is 2.17. The van der Waals surface area contributed by atoms with E-state index in [-0.39, 0.29) is 5.91 Å². The quantitative estimate of drug-likeness (QED) is 0.840. The molecule has 1 amide bonds. The monoisotopic (exact) mass is 295 g/mol. The van der Waals surface area contributed by atoms with E-state index in [1.165, 1.54) is 11.8 Å². The van der Waals surface area contributed by atoms with Gasteiger partial charge in [0.2, 0.25) is 5.91 Å². The number of anilines is 1. The Morgan fingerprint density at radius 2 is 2.00 bits per heavy atom. The van der Waals surface area contributed by atoms with Crippen LogP contribution in [-0.2, 0) is 9.59 Å². The molecule has 110 valence electrons. The van der Waals surface area contributed by atoms with Gasteiger partial charge in [-0.15, -0.1) is 0 Å². The molecule has 0 heterocycles. The fraction of sp³-hybridized carbons (Fsp3) is 0.467. The lowest BCUT2D eigenvalue weighted by Gasteiger charge is -2.23. The topological polar surface area (TPSA) is 57.6 Å². The molecule has 0 spiro atoms. The second-order valence-corrected chi connectivity index (χ2v) is 5.71. The number of carboxylic acid groups (broad SMARTS) is 1. The molecule has 1 rings (SSSR count). The summed E-state index contributed by atoms with van der Waals surface area (Å²) in [5.41, 5.74) is 1.98. The minimum Gasteiger partial charge on any atom is -0.481 e. The lowest BCUT2D eigenvalue weighted by atomic mass is 10.2. The number of hydrogen-bond acceptors (Lipinski definition) is 3. The number of hydrogen-bond donors (Lipinski definition) is 1. The summed E-state index contributed by atoms with van der Waals surface area (Å²) in [6.45, 7) is 6.18. The molecule has 0 saturated heterocycles. The van der Waals surface area contributed by atoms with Gasteiger partial charge in [0, 0.05) is 18.0 Å². The predicted molar refractivity (Wildman–Crippen MR) is 83.3 cm³/mol. The summed E-state index contributed by atoms with van der Waals surface area (Å²) in [4.78, 5) is 24.7. The molecule has 1 N–H and O–H groups in total. The van der Waals surface area contributed by atoms with Crippen molar-refractivity contribution in [1.29, 1.82) is 0 Å². The van der Waals surface area contributed by atoms with Gasteiger partial charge >= 0.3 is 5.97 Å². The van der Waals surface area contributed by atoms with E-state index < -0.39 is 11.9 Å². The van der Waals surface area contributed by atoms with Crippen molar-refractivity contribution < 1.29 is 14.7 Å². The maximum Gasteiger partial charge on any atom is 0.307 e. The average molecular weight is 295 g/mol. The highest BCUT2D eigenvalue weighted by molar-refractivity contribution is 8.00. The molecule has 0 aliphatic carbocycles. The highest BCUT2D eigenvalue weighted by Crippen LogP contribution is 2.20. The van der Waals surface area contributed by atoms with Crippen LogP contribution < -0.4 is 4.90 Å². The van der Waals surface area contributed by atoms with Gasteiger partial charge < -0.3 is 10.0 Å². The smallest absolute Gasteiger partial charge is 0.307 e. The number of carbonyl (C=O) groups excluding carboxylic acids is 1. The van der Waals surface area contributed by atoms with Crippen LogP contribution >= 0.6 is 11.8 Å². The van der Waals surface area contributed by atoms with Crippen molar-refractivity contribution in [2.75, 3.05) is 23.0 Å². The van der Waals surface area contributed by atoms with E-state index in [2.05, 4.69) is 0 Å². The molecule has 4 nitrogen and oxygen atoms in total. The zero-order valence-electron chi connectivity index (χ0n) is 12.1. The first-order chi connectivity index (χ1) is 9.47. The molecule has 1 unspecified atom stereocenters. The van der Waals surface area contributed by atoms with Crippen LogP contribution in [0.2, 0.25) is 0 Å². The van der Waals surface area contributed by atoms with Crippen molar-refractivity contribution in [3.8, 4) is 0 Å². The van der Waals surface area contributed by atoms with Crippen LogP contribution in [0.25, 0.3) is 0 Å². The number of aryl methyl sites for hydroxylation is 1. The molecule has 1 aromatic rings. The Morgan fingerprint density at radius 3 is 2.55 bits per heavy atom. The van der Waals surface area contributed by atoms with Crippen LogP contribution in [0, 0.1) is 12.8 Å². The molecule has 1 aromatic carbocycles. The third-order valence-corrected chi connectivity index (χ3v) is 4.23. The molecule has 0 saturated carbocycles. The second kappa shape index (κ2) is 7.94. The largest absolute Gasteiger partial charge is 0.481 e. The Morgan fingerprint density at radius 1 is 1.35 bits per heavy atom. The van der Waals surface area contributed by atoms with Gasteiger partial charge in [0.05, 0.1) is 11.7 Å². The second-order valence-electron chi connectivity index (χ2n) is 4.68. The summed E-state index contributed by atoms with van der Waals surface area (Å²) in [5.74, 6) is -0.478. The number of para-hydroxylation sites is 1. The maximum absolute atomic E-state index is 12.2. The third kappa shape index (κ3) is 4.56. The Kier molecular flexibility index (Phi) is 6.58. The van der Waals surface area contributed by atoms with Crippen LogP contribution in [0.3, 0.4) is 0 Å². The van der Waals surface area contributed by atoms with Crippen molar-refractivity contribution in [3.05, 3.63) is 29.8 Å². The summed E-state index contributed by atoms with van der Waals surface area (Å²) >= 11 is 1.37. The molecule has 5 heteroatoms. The number of thioether (sulfide) groups is 1. The number of carboxylic acids is 1. The first-order valence-corrected chi connectivity index (χ1v) is 7.79. The van der Waals surface area contributed by atoms with Crippen LogP contribution in [0.1, 0.15) is 19.4 Å². The minimum atomic E-state index is -0.823. The maximum atomic E-state index is 12.2. The number of nitrogens with zero attached hydrogens (tertiary/aromatic N) is 1. The van der Waals surface area contributed by atoms with Crippen LogP contribution in [0.5, 0.6) is 0 Å². The van der Waals surface area contributed by atoms with Crippen LogP contribution in [0.15, 0.2) is 24.3 Å². The fourth-order valence-corrected chi connectivity index (χ4v) is 2.76. The molecule has 0 aliphatic rings. The number of aliphatic carboxylic acids is 1. The normalized spacial score (nSPS) is 11.9. The number of benzene rings is 1. The minimum absolute atomic E-state index is 0.0180. The molecule has 0 bridgehead atoms. The highest BCUT2D eigenvalue weighted by atomic mass is 32.2. The van der Waals surface area contributed by atoms with Gasteiger partial charge in [-0.3, -0.25) is 9.59 Å². The first kappa shape index (κ1) is 16.6. The average Bonchev–Trinajstić information content (AvgIpc) is 2.41. The van der Waals surface area contributed by atoms with Crippen molar-refractivity contribution in [2.24, 2.45) is 5.92 Å². The van der Waals surface area contributed by atoms with Gasteiger partial charge in [-0.25, -0.2) is 0 Å². The van der Waals surface area contributed by atoms with Gasteiger partial charge in [-0.1, -0.05) is 25.1 Å². The Labute approximate surface area is 124 Å². The summed E-state index contributed by atoms with van der Waals surface area (Å²) in [5, 5.41) is 8.81. The van der Waals surface area contributed by atoms with E-state index >= 15 is 0 Å². The summed E-state index contributed by atoms with van der Waals surface area (Å²) in [7, 11) is 0. The molecule has 0 fully saturated rings. The molecule has 0 aromatic heterocycles. The van der Waals surface area contributed by atoms with E-state index in [9.17, 15) is 9.59 Å². The van der Waals surface area contributed by atoms with Crippen LogP contribution in [0.4, 0.5) is 5.69 Å². The molecule has 20 heavy (non-hydrogen) atoms. The van der Waals surface area contributed by atoms with E-state index in [0.717, 1.165) is 11.3 Å². The lowest BCUT2D eigenvalue weighted by Crippen LogP contribution is -2.33. The number of carbonyl (C=O) groups is 2. The van der Waals surface area contributed by atoms with Gasteiger partial charge in [-0.2, -0.15) is 11.8 Å². The number of amides is 1. The lowest BCUT2D eigenvalue weighted by molar-refractivity contribution is -0.140. The van der Waals surface area contributed by atoms with Crippen molar-refractivity contribution in [3.63, 3.8) is 0 Å². The summed E-state index contributed by atoms with van der Waals surface area (Å²) < 4.78 is 0. The summed E-state index contributed by atoms with van der Waals surface area (Å²) in [6, 6.07) is 7.77. The van der Waals surface area contributed by atoms with E-state index in [0.29, 0.717) is 18.1 Å². The third-order valence-electron chi connectivity index (χ3n) is 3.04. The van der Waals surface area contributed by atoms with Gasteiger partial charge in [0.25, 0.3) is 0 Å². The Hall–Kier alpha value is -1.49. The van der Waals surface area contributed by atoms with Gasteiger partial charge in [0.1, 0.15) is 0 Å². The van der Waals surface area contributed by atoms with Crippen molar-refractivity contribution in [1.82, 2.24) is 0 Å². The van der Waals surface area contributed by atoms with E-state index in [1.54, 1.807) is 11.8 Å². The van der Waals surface area contributed by atoms with Crippen molar-refractivity contribution in [2.45, 2.75) is 20.8 Å². The first-order valence-electron chi connectivity index (χ1n) is 6.63. The Balaban J connectivity index is 2.60. The standard InChI is InChI=1S/C15H21NO3S/c1-4-16(13-8-6-5-7-11(13)2)14(17)10-20-9-12(3)15(18)19/h5-8,12H,4,9-10H2,1-3H3,(H,18,19). The van der Waals surface area contributed by atoms with E-state index in [4.69, 9.17) is 5.11 Å². The fourth-order valence-electron chi connectivity index (χ4n) is 1.82. The van der Waals surface area contributed by atoms with Crippen molar-refractivity contribution >= 4 is 29.3 Å². The zero-order chi connectivity index (χ0) is 15.1. The molecule has 1 atom stereocenters. The zero-order valence-corrected chi connectivity index (χ0v) is 12.9.